The summed E-state index contributed by atoms with van der Waals surface area (Å²) in [6.45, 7) is 1.97. The van der Waals surface area contributed by atoms with Gasteiger partial charge in [0.15, 0.2) is 0 Å². The zero-order valence-corrected chi connectivity index (χ0v) is 9.62. The Labute approximate surface area is 94.3 Å². The van der Waals surface area contributed by atoms with Gasteiger partial charge < -0.3 is 10.1 Å². The minimum atomic E-state index is -0.887. The maximum Gasteiger partial charge on any atom is 0.335 e. The van der Waals surface area contributed by atoms with E-state index in [0.717, 1.165) is 20.2 Å². The number of carbonyl (C=O) groups is 1. The van der Waals surface area contributed by atoms with Crippen molar-refractivity contribution in [2.24, 2.45) is 0 Å². The Morgan fingerprint density at radius 3 is 2.86 bits per heavy atom. The number of aryl methyl sites for hydroxylation is 1. The zero-order valence-electron chi connectivity index (χ0n) is 7.47. The van der Waals surface area contributed by atoms with Gasteiger partial charge in [0.05, 0.1) is 5.56 Å². The molecule has 4 heteroatoms. The molecule has 0 aliphatic heterocycles. The molecule has 0 radical (unpaired) electrons. The monoisotopic (exact) mass is 301 g/mol. The Balaban J connectivity index is 2.76. The minimum absolute atomic E-state index is 0.328. The number of aromatic amines is 1. The first-order chi connectivity index (χ1) is 6.59. The highest BCUT2D eigenvalue weighted by Crippen LogP contribution is 2.24. The first kappa shape index (κ1) is 9.51. The van der Waals surface area contributed by atoms with E-state index >= 15 is 0 Å². The lowest BCUT2D eigenvalue weighted by Gasteiger charge is -1.94. The third-order valence-electron chi connectivity index (χ3n) is 2.15. The number of carboxylic acid groups (broad SMARTS) is 1. The third kappa shape index (κ3) is 1.39. The van der Waals surface area contributed by atoms with E-state index in [0.29, 0.717) is 5.56 Å². The molecular formula is C10H8INO2. The van der Waals surface area contributed by atoms with Gasteiger partial charge in [-0.3, -0.25) is 0 Å². The average Bonchev–Trinajstić information content (AvgIpc) is 2.43. The van der Waals surface area contributed by atoms with Crippen molar-refractivity contribution in [2.75, 3.05) is 0 Å². The molecule has 2 rings (SSSR count). The van der Waals surface area contributed by atoms with E-state index in [4.69, 9.17) is 5.11 Å². The molecule has 1 aromatic heterocycles. The lowest BCUT2D eigenvalue weighted by molar-refractivity contribution is 0.0697. The molecule has 14 heavy (non-hydrogen) atoms. The predicted molar refractivity (Wildman–Crippen MR) is 62.7 cm³/mol. The van der Waals surface area contributed by atoms with Crippen LogP contribution >= 0.6 is 22.6 Å². The Morgan fingerprint density at radius 2 is 2.21 bits per heavy atom. The van der Waals surface area contributed by atoms with Crippen molar-refractivity contribution < 1.29 is 9.90 Å². The van der Waals surface area contributed by atoms with Gasteiger partial charge in [-0.25, -0.2) is 4.79 Å². The topological polar surface area (TPSA) is 53.1 Å². The Hall–Kier alpha value is -1.04. The summed E-state index contributed by atoms with van der Waals surface area (Å²) in [5, 5.41) is 9.80. The van der Waals surface area contributed by atoms with Gasteiger partial charge in [0.25, 0.3) is 0 Å². The van der Waals surface area contributed by atoms with Crippen molar-refractivity contribution in [1.29, 1.82) is 0 Å². The SMILES string of the molecule is Cc1[nH]c2ccc(C(=O)O)cc2c1I. The average molecular weight is 301 g/mol. The van der Waals surface area contributed by atoms with Crippen LogP contribution in [-0.2, 0) is 0 Å². The summed E-state index contributed by atoms with van der Waals surface area (Å²) < 4.78 is 1.08. The van der Waals surface area contributed by atoms with Crippen LogP contribution in [-0.4, -0.2) is 16.1 Å². The van der Waals surface area contributed by atoms with Crippen LogP contribution in [0.3, 0.4) is 0 Å². The van der Waals surface area contributed by atoms with Crippen LogP contribution in [0.1, 0.15) is 16.1 Å². The molecule has 2 N–H and O–H groups in total. The van der Waals surface area contributed by atoms with E-state index in [-0.39, 0.29) is 0 Å². The van der Waals surface area contributed by atoms with Crippen molar-refractivity contribution in [1.82, 2.24) is 4.98 Å². The van der Waals surface area contributed by atoms with Crippen LogP contribution in [0.15, 0.2) is 18.2 Å². The highest BCUT2D eigenvalue weighted by molar-refractivity contribution is 14.1. The van der Waals surface area contributed by atoms with Gasteiger partial charge in [0.2, 0.25) is 0 Å². The number of H-pyrrole nitrogens is 1. The molecule has 0 saturated heterocycles. The van der Waals surface area contributed by atoms with Crippen molar-refractivity contribution in [3.8, 4) is 0 Å². The number of rotatable bonds is 1. The van der Waals surface area contributed by atoms with E-state index in [1.165, 1.54) is 0 Å². The Morgan fingerprint density at radius 1 is 1.50 bits per heavy atom. The second-order valence-corrected chi connectivity index (χ2v) is 4.21. The summed E-state index contributed by atoms with van der Waals surface area (Å²) in [4.78, 5) is 13.9. The number of nitrogens with one attached hydrogen (secondary N) is 1. The van der Waals surface area contributed by atoms with Crippen LogP contribution in [0, 0.1) is 10.5 Å². The molecule has 0 atom stereocenters. The number of carboxylic acids is 1. The number of hydrogen-bond acceptors (Lipinski definition) is 1. The van der Waals surface area contributed by atoms with Crippen molar-refractivity contribution >= 4 is 39.5 Å². The highest BCUT2D eigenvalue weighted by Gasteiger charge is 2.08. The number of hydrogen-bond donors (Lipinski definition) is 2. The van der Waals surface area contributed by atoms with Gasteiger partial charge in [-0.1, -0.05) is 0 Å². The van der Waals surface area contributed by atoms with E-state index in [9.17, 15) is 4.79 Å². The first-order valence-electron chi connectivity index (χ1n) is 4.10. The predicted octanol–water partition coefficient (Wildman–Crippen LogP) is 2.78. The highest BCUT2D eigenvalue weighted by atomic mass is 127. The first-order valence-corrected chi connectivity index (χ1v) is 5.18. The van der Waals surface area contributed by atoms with Gasteiger partial charge in [-0.05, 0) is 47.7 Å². The molecule has 2 aromatic rings. The maximum atomic E-state index is 10.8. The standard InChI is InChI=1S/C10H8INO2/c1-5-9(11)7-4-6(10(13)14)2-3-8(7)12-5/h2-4,12H,1H3,(H,13,14). The molecule has 0 fully saturated rings. The summed E-state index contributed by atoms with van der Waals surface area (Å²) in [6.07, 6.45) is 0. The lowest BCUT2D eigenvalue weighted by Crippen LogP contribution is -1.94. The lowest BCUT2D eigenvalue weighted by atomic mass is 10.1. The van der Waals surface area contributed by atoms with Crippen LogP contribution < -0.4 is 0 Å². The molecule has 72 valence electrons. The molecule has 1 heterocycles. The maximum absolute atomic E-state index is 10.8. The molecule has 3 nitrogen and oxygen atoms in total. The summed E-state index contributed by atoms with van der Waals surface area (Å²) in [7, 11) is 0. The van der Waals surface area contributed by atoms with Gasteiger partial charge >= 0.3 is 5.97 Å². The second-order valence-electron chi connectivity index (χ2n) is 3.13. The summed E-state index contributed by atoms with van der Waals surface area (Å²) in [5.74, 6) is -0.887. The minimum Gasteiger partial charge on any atom is -0.478 e. The fourth-order valence-electron chi connectivity index (χ4n) is 1.43. The van der Waals surface area contributed by atoms with Gasteiger partial charge in [-0.2, -0.15) is 0 Å². The molecule has 0 aliphatic carbocycles. The number of aromatic carboxylic acids is 1. The van der Waals surface area contributed by atoms with Crippen LogP contribution in [0.5, 0.6) is 0 Å². The molecule has 0 unspecified atom stereocenters. The van der Waals surface area contributed by atoms with Crippen LogP contribution in [0.2, 0.25) is 0 Å². The molecule has 0 amide bonds. The Bertz CT molecular complexity index is 516. The fourth-order valence-corrected chi connectivity index (χ4v) is 2.01. The molecular weight excluding hydrogens is 293 g/mol. The third-order valence-corrected chi connectivity index (χ3v) is 3.54. The molecule has 0 bridgehead atoms. The van der Waals surface area contributed by atoms with E-state index in [2.05, 4.69) is 27.6 Å². The normalized spacial score (nSPS) is 10.7. The largest absolute Gasteiger partial charge is 0.478 e. The summed E-state index contributed by atoms with van der Waals surface area (Å²) in [6, 6.07) is 5.10. The molecule has 0 saturated carbocycles. The number of halogens is 1. The fraction of sp³-hybridized carbons (Fsp3) is 0.100. The van der Waals surface area contributed by atoms with Gasteiger partial charge in [-0.15, -0.1) is 0 Å². The van der Waals surface area contributed by atoms with E-state index < -0.39 is 5.97 Å². The summed E-state index contributed by atoms with van der Waals surface area (Å²) in [5.41, 5.74) is 2.38. The number of fused-ring (bicyclic) bond motifs is 1. The zero-order chi connectivity index (χ0) is 10.3. The van der Waals surface area contributed by atoms with E-state index in [1.54, 1.807) is 18.2 Å². The van der Waals surface area contributed by atoms with Gasteiger partial charge in [0, 0.05) is 20.2 Å². The Kier molecular flexibility index (Phi) is 2.22. The number of aromatic nitrogens is 1. The van der Waals surface area contributed by atoms with Crippen LogP contribution in [0.4, 0.5) is 0 Å². The molecule has 0 aliphatic rings. The van der Waals surface area contributed by atoms with E-state index in [1.807, 2.05) is 6.92 Å². The number of benzene rings is 1. The summed E-state index contributed by atoms with van der Waals surface area (Å²) >= 11 is 2.21. The van der Waals surface area contributed by atoms with Crippen molar-refractivity contribution in [3.63, 3.8) is 0 Å². The van der Waals surface area contributed by atoms with Crippen LogP contribution in [0.25, 0.3) is 10.9 Å². The molecule has 1 aromatic carbocycles. The smallest absolute Gasteiger partial charge is 0.335 e. The molecule has 0 spiro atoms. The van der Waals surface area contributed by atoms with Crippen molar-refractivity contribution in [2.45, 2.75) is 6.92 Å². The second kappa shape index (κ2) is 3.27. The van der Waals surface area contributed by atoms with Crippen molar-refractivity contribution in [3.05, 3.63) is 33.0 Å². The quantitative estimate of drug-likeness (QED) is 0.796. The van der Waals surface area contributed by atoms with Gasteiger partial charge in [0.1, 0.15) is 0 Å².